The average molecular weight is 332 g/mol. The van der Waals surface area contributed by atoms with Crippen molar-refractivity contribution in [2.24, 2.45) is 0 Å². The zero-order valence-electron chi connectivity index (χ0n) is 14.1. The number of aromatic nitrogens is 1. The minimum absolute atomic E-state index is 0.250. The molecule has 5 heteroatoms. The number of hydrogen-bond acceptors (Lipinski definition) is 4. The predicted molar refractivity (Wildman–Crippen MR) is 95.1 cm³/mol. The van der Waals surface area contributed by atoms with E-state index in [-0.39, 0.29) is 11.3 Å². The summed E-state index contributed by atoms with van der Waals surface area (Å²) >= 11 is 0. The van der Waals surface area contributed by atoms with E-state index in [2.05, 4.69) is 28.1 Å². The van der Waals surface area contributed by atoms with Gasteiger partial charge in [-0.1, -0.05) is 30.3 Å². The van der Waals surface area contributed by atoms with E-state index in [1.807, 2.05) is 23.1 Å². The van der Waals surface area contributed by atoms with E-state index in [1.54, 1.807) is 18.3 Å². The van der Waals surface area contributed by atoms with Crippen LogP contribution in [0.4, 0.5) is 5.82 Å². The first-order valence-electron chi connectivity index (χ1n) is 8.69. The molecule has 2 heterocycles. The molecular formula is C20H20N4O. The molecule has 0 radical (unpaired) electrons. The maximum Gasteiger partial charge on any atom is 0.233 e. The number of hydrogen-bond donors (Lipinski definition) is 0. The van der Waals surface area contributed by atoms with Gasteiger partial charge in [-0.15, -0.1) is 0 Å². The zero-order chi connectivity index (χ0) is 17.3. The lowest BCUT2D eigenvalue weighted by atomic mass is 9.94. The molecule has 1 aliphatic carbocycles. The number of pyridine rings is 1. The second kappa shape index (κ2) is 6.21. The van der Waals surface area contributed by atoms with Crippen LogP contribution in [0.2, 0.25) is 0 Å². The fraction of sp³-hybridized carbons (Fsp3) is 0.350. The molecule has 0 spiro atoms. The van der Waals surface area contributed by atoms with Crippen LogP contribution in [-0.2, 0) is 10.2 Å². The van der Waals surface area contributed by atoms with Crippen molar-refractivity contribution in [3.63, 3.8) is 0 Å². The van der Waals surface area contributed by atoms with Crippen molar-refractivity contribution < 1.29 is 4.79 Å². The largest absolute Gasteiger partial charge is 0.352 e. The Balaban J connectivity index is 1.46. The van der Waals surface area contributed by atoms with E-state index in [0.29, 0.717) is 31.7 Å². The van der Waals surface area contributed by atoms with Gasteiger partial charge in [0.2, 0.25) is 5.91 Å². The molecule has 0 bridgehead atoms. The van der Waals surface area contributed by atoms with Crippen molar-refractivity contribution in [1.29, 1.82) is 5.26 Å². The Hall–Kier alpha value is -2.87. The fourth-order valence-electron chi connectivity index (χ4n) is 3.67. The average Bonchev–Trinajstić information content (AvgIpc) is 3.50. The molecule has 2 fully saturated rings. The maximum absolute atomic E-state index is 13.1. The Kier molecular flexibility index (Phi) is 3.89. The second-order valence-corrected chi connectivity index (χ2v) is 6.71. The molecule has 1 saturated heterocycles. The topological polar surface area (TPSA) is 60.2 Å². The van der Waals surface area contributed by atoms with Gasteiger partial charge in [-0.3, -0.25) is 4.79 Å². The number of amides is 1. The van der Waals surface area contributed by atoms with Crippen LogP contribution in [0, 0.1) is 11.3 Å². The standard InChI is InChI=1S/C20H20N4O/c21-15-16-5-4-10-22-18(16)23-11-13-24(14-12-23)19(25)20(8-9-20)17-6-2-1-3-7-17/h1-7,10H,8-9,11-14H2. The summed E-state index contributed by atoms with van der Waals surface area (Å²) in [4.78, 5) is 21.5. The normalized spacial score (nSPS) is 18.5. The third kappa shape index (κ3) is 2.74. The molecular weight excluding hydrogens is 312 g/mol. The van der Waals surface area contributed by atoms with Gasteiger partial charge in [0.25, 0.3) is 0 Å². The van der Waals surface area contributed by atoms with Crippen molar-refractivity contribution >= 4 is 11.7 Å². The zero-order valence-corrected chi connectivity index (χ0v) is 14.1. The van der Waals surface area contributed by atoms with Crippen molar-refractivity contribution in [2.75, 3.05) is 31.1 Å². The molecule has 1 saturated carbocycles. The summed E-state index contributed by atoms with van der Waals surface area (Å²) in [5.41, 5.74) is 1.43. The molecule has 126 valence electrons. The Morgan fingerprint density at radius 3 is 2.40 bits per heavy atom. The molecule has 1 aromatic carbocycles. The number of carbonyl (C=O) groups excluding carboxylic acids is 1. The van der Waals surface area contributed by atoms with Gasteiger partial charge in [-0.25, -0.2) is 4.98 Å². The summed E-state index contributed by atoms with van der Waals surface area (Å²) < 4.78 is 0. The number of rotatable bonds is 3. The van der Waals surface area contributed by atoms with Gasteiger partial charge in [0.1, 0.15) is 11.9 Å². The minimum Gasteiger partial charge on any atom is -0.352 e. The summed E-state index contributed by atoms with van der Waals surface area (Å²) in [5.74, 6) is 0.973. The van der Waals surface area contributed by atoms with Crippen LogP contribution in [0.5, 0.6) is 0 Å². The summed E-state index contributed by atoms with van der Waals surface area (Å²) in [6.45, 7) is 2.77. The lowest BCUT2D eigenvalue weighted by Gasteiger charge is -2.37. The lowest BCUT2D eigenvalue weighted by Crippen LogP contribution is -2.52. The molecule has 0 N–H and O–H groups in total. The minimum atomic E-state index is -0.299. The Morgan fingerprint density at radius 1 is 1.04 bits per heavy atom. The van der Waals surface area contributed by atoms with Gasteiger partial charge in [0, 0.05) is 32.4 Å². The van der Waals surface area contributed by atoms with Crippen LogP contribution in [0.3, 0.4) is 0 Å². The van der Waals surface area contributed by atoms with Crippen LogP contribution in [0.25, 0.3) is 0 Å². The number of benzene rings is 1. The molecule has 1 aromatic heterocycles. The number of carbonyl (C=O) groups is 1. The Labute approximate surface area is 147 Å². The molecule has 25 heavy (non-hydrogen) atoms. The van der Waals surface area contributed by atoms with Crippen LogP contribution < -0.4 is 4.90 Å². The highest BCUT2D eigenvalue weighted by Crippen LogP contribution is 2.49. The van der Waals surface area contributed by atoms with E-state index in [1.165, 1.54) is 0 Å². The first kappa shape index (κ1) is 15.6. The van der Waals surface area contributed by atoms with E-state index >= 15 is 0 Å². The van der Waals surface area contributed by atoms with Gasteiger partial charge in [0.15, 0.2) is 0 Å². The van der Waals surface area contributed by atoms with Crippen LogP contribution >= 0.6 is 0 Å². The highest BCUT2D eigenvalue weighted by molar-refractivity contribution is 5.91. The first-order valence-corrected chi connectivity index (χ1v) is 8.69. The van der Waals surface area contributed by atoms with Crippen molar-refractivity contribution in [1.82, 2.24) is 9.88 Å². The molecule has 1 aliphatic heterocycles. The fourth-order valence-corrected chi connectivity index (χ4v) is 3.67. The van der Waals surface area contributed by atoms with E-state index in [4.69, 9.17) is 0 Å². The quantitative estimate of drug-likeness (QED) is 0.865. The third-order valence-electron chi connectivity index (χ3n) is 5.26. The van der Waals surface area contributed by atoms with Crippen LogP contribution in [-0.4, -0.2) is 42.0 Å². The summed E-state index contributed by atoms with van der Waals surface area (Å²) in [6, 6.07) is 15.9. The molecule has 1 amide bonds. The summed E-state index contributed by atoms with van der Waals surface area (Å²) in [5, 5.41) is 9.25. The second-order valence-electron chi connectivity index (χ2n) is 6.71. The van der Waals surface area contributed by atoms with Gasteiger partial charge in [-0.05, 0) is 30.5 Å². The maximum atomic E-state index is 13.1. The number of anilines is 1. The lowest BCUT2D eigenvalue weighted by molar-refractivity contribution is -0.134. The first-order chi connectivity index (χ1) is 12.2. The van der Waals surface area contributed by atoms with Gasteiger partial charge >= 0.3 is 0 Å². The smallest absolute Gasteiger partial charge is 0.233 e. The van der Waals surface area contributed by atoms with Gasteiger partial charge in [0.05, 0.1) is 11.0 Å². The molecule has 0 atom stereocenters. The highest BCUT2D eigenvalue weighted by Gasteiger charge is 2.53. The van der Waals surface area contributed by atoms with Crippen LogP contribution in [0.15, 0.2) is 48.7 Å². The molecule has 2 aliphatic rings. The third-order valence-corrected chi connectivity index (χ3v) is 5.26. The molecule has 2 aromatic rings. The molecule has 0 unspecified atom stereocenters. The van der Waals surface area contributed by atoms with Crippen molar-refractivity contribution in [2.45, 2.75) is 18.3 Å². The number of piperazine rings is 1. The van der Waals surface area contributed by atoms with Crippen molar-refractivity contribution in [3.05, 3.63) is 59.8 Å². The van der Waals surface area contributed by atoms with Crippen LogP contribution in [0.1, 0.15) is 24.0 Å². The highest BCUT2D eigenvalue weighted by atomic mass is 16.2. The number of nitriles is 1. The monoisotopic (exact) mass is 332 g/mol. The van der Waals surface area contributed by atoms with E-state index in [0.717, 1.165) is 24.2 Å². The molecule has 4 rings (SSSR count). The van der Waals surface area contributed by atoms with E-state index in [9.17, 15) is 10.1 Å². The van der Waals surface area contributed by atoms with Crippen molar-refractivity contribution in [3.8, 4) is 6.07 Å². The molecule has 5 nitrogen and oxygen atoms in total. The Bertz CT molecular complexity index is 815. The number of nitrogens with zero attached hydrogens (tertiary/aromatic N) is 4. The van der Waals surface area contributed by atoms with E-state index < -0.39 is 0 Å². The van der Waals surface area contributed by atoms with Gasteiger partial charge < -0.3 is 9.80 Å². The summed E-state index contributed by atoms with van der Waals surface area (Å²) in [7, 11) is 0. The van der Waals surface area contributed by atoms with Gasteiger partial charge in [-0.2, -0.15) is 5.26 Å². The predicted octanol–water partition coefficient (Wildman–Crippen LogP) is 2.33. The Morgan fingerprint density at radius 2 is 1.76 bits per heavy atom. The summed E-state index contributed by atoms with van der Waals surface area (Å²) in [6.07, 6.45) is 3.59. The SMILES string of the molecule is N#Cc1cccnc1N1CCN(C(=O)C2(c3ccccc3)CC2)CC1.